The Labute approximate surface area is 209 Å². The van der Waals surface area contributed by atoms with Gasteiger partial charge in [-0.2, -0.15) is 8.42 Å². The minimum Gasteiger partial charge on any atom is -0.326 e. The lowest BCUT2D eigenvalue weighted by atomic mass is 10.1. The van der Waals surface area contributed by atoms with Gasteiger partial charge in [-0.25, -0.2) is 22.8 Å². The van der Waals surface area contributed by atoms with E-state index in [1.807, 2.05) is 0 Å². The molecule has 0 spiro atoms. The fourth-order valence-corrected chi connectivity index (χ4v) is 6.35. The molecule has 1 heterocycles. The number of anilines is 2. The molecule has 188 valence electrons. The van der Waals surface area contributed by atoms with Crippen molar-refractivity contribution < 1.29 is 21.6 Å². The fraction of sp³-hybridized carbons (Fsp3) is 0.273. The zero-order valence-electron chi connectivity index (χ0n) is 19.8. The number of hydrogen-bond donors (Lipinski definition) is 4. The summed E-state index contributed by atoms with van der Waals surface area (Å²) in [4.78, 5) is 16.6. The van der Waals surface area contributed by atoms with E-state index in [2.05, 4.69) is 24.5 Å². The Kier molecular flexibility index (Phi) is 7.67. The van der Waals surface area contributed by atoms with Gasteiger partial charge in [0.25, 0.3) is 10.2 Å². The number of nitrogens with one attached hydrogen (secondary N) is 4. The van der Waals surface area contributed by atoms with Crippen molar-refractivity contribution in [3.05, 3.63) is 48.7 Å². The lowest BCUT2D eigenvalue weighted by Gasteiger charge is -2.22. The molecule has 0 aliphatic heterocycles. The van der Waals surface area contributed by atoms with E-state index in [0.29, 0.717) is 26.8 Å². The van der Waals surface area contributed by atoms with Crippen molar-refractivity contribution in [1.29, 1.82) is 0 Å². The Hall–Kier alpha value is -2.84. The largest absolute Gasteiger partial charge is 0.326 e. The molecule has 0 radical (unpaired) electrons. The first-order valence-electron chi connectivity index (χ1n) is 10.4. The Balaban J connectivity index is 2.00. The molecule has 0 atom stereocenters. The van der Waals surface area contributed by atoms with Crippen LogP contribution < -0.4 is 19.5 Å². The monoisotopic (exact) mass is 537 g/mol. The van der Waals surface area contributed by atoms with Crippen LogP contribution in [0.3, 0.4) is 0 Å². The average Bonchev–Trinajstić information content (AvgIpc) is 3.22. The molecule has 2 aromatic carbocycles. The number of aromatic nitrogens is 1. The van der Waals surface area contributed by atoms with Crippen molar-refractivity contribution in [3.8, 4) is 21.0 Å². The number of carbonyl (C=O) groups excluding carboxylic acids is 1. The van der Waals surface area contributed by atoms with Gasteiger partial charge in [-0.15, -0.1) is 11.3 Å². The molecule has 3 rings (SSSR count). The second-order valence-corrected chi connectivity index (χ2v) is 13.0. The highest BCUT2D eigenvalue weighted by Crippen LogP contribution is 2.37. The molecule has 0 saturated heterocycles. The van der Waals surface area contributed by atoms with Crippen LogP contribution in [0.4, 0.5) is 11.4 Å². The van der Waals surface area contributed by atoms with Crippen LogP contribution in [0.25, 0.3) is 21.0 Å². The van der Waals surface area contributed by atoms with Crippen LogP contribution in [0.15, 0.2) is 53.6 Å². The third kappa shape index (κ3) is 7.08. The van der Waals surface area contributed by atoms with Crippen molar-refractivity contribution in [2.45, 2.75) is 38.1 Å². The van der Waals surface area contributed by atoms with Crippen molar-refractivity contribution in [1.82, 2.24) is 14.4 Å². The number of nitrogens with zero attached hydrogens (tertiary/aromatic N) is 1. The van der Waals surface area contributed by atoms with E-state index in [-0.39, 0.29) is 10.8 Å². The molecule has 0 aliphatic carbocycles. The topological polar surface area (TPSA) is 146 Å². The summed E-state index contributed by atoms with van der Waals surface area (Å²) in [7, 11) is -6.25. The highest BCUT2D eigenvalue weighted by atomic mass is 32.2. The van der Waals surface area contributed by atoms with E-state index in [4.69, 9.17) is 0 Å². The van der Waals surface area contributed by atoms with E-state index in [1.54, 1.807) is 63.4 Å². The molecular formula is C22H27N5O5S3. The molecule has 10 nitrogen and oxygen atoms in total. The van der Waals surface area contributed by atoms with E-state index in [0.717, 1.165) is 5.56 Å². The van der Waals surface area contributed by atoms with Gasteiger partial charge in [0.15, 0.2) is 0 Å². The molecule has 0 aliphatic rings. The van der Waals surface area contributed by atoms with Crippen LogP contribution in [-0.4, -0.2) is 40.3 Å². The first-order chi connectivity index (χ1) is 16.2. The molecule has 0 bridgehead atoms. The zero-order chi connectivity index (χ0) is 26.0. The van der Waals surface area contributed by atoms with Gasteiger partial charge in [0, 0.05) is 48.2 Å². The summed E-state index contributed by atoms with van der Waals surface area (Å²) in [6.07, 6.45) is 1.58. The van der Waals surface area contributed by atoms with Crippen LogP contribution in [-0.2, 0) is 25.0 Å². The smallest absolute Gasteiger partial charge is 0.298 e. The summed E-state index contributed by atoms with van der Waals surface area (Å²) in [5, 5.41) is 3.24. The SMILES string of the molecule is CNS(=O)(=O)Nc1ccc(-c2ncc(-c3ccc(NC(C)=O)cc3S(=O)(=O)NC(C)(C)C)s2)cc1. The number of benzene rings is 2. The first-order valence-corrected chi connectivity index (χ1v) is 14.2. The van der Waals surface area contributed by atoms with Gasteiger partial charge in [0.2, 0.25) is 15.9 Å². The van der Waals surface area contributed by atoms with E-state index >= 15 is 0 Å². The summed E-state index contributed by atoms with van der Waals surface area (Å²) in [5.41, 5.74) is 1.21. The maximum atomic E-state index is 13.2. The molecule has 1 aromatic heterocycles. The van der Waals surface area contributed by atoms with Gasteiger partial charge in [0.1, 0.15) is 5.01 Å². The fourth-order valence-electron chi connectivity index (χ4n) is 3.11. The van der Waals surface area contributed by atoms with Crippen LogP contribution in [0.2, 0.25) is 0 Å². The molecule has 13 heteroatoms. The summed E-state index contributed by atoms with van der Waals surface area (Å²) >= 11 is 1.29. The number of sulfonamides is 1. The maximum Gasteiger partial charge on any atom is 0.298 e. The summed E-state index contributed by atoms with van der Waals surface area (Å²) < 4.78 is 57.0. The number of carbonyl (C=O) groups is 1. The van der Waals surface area contributed by atoms with Crippen molar-refractivity contribution in [2.75, 3.05) is 17.1 Å². The van der Waals surface area contributed by atoms with Gasteiger partial charge < -0.3 is 5.32 Å². The first kappa shape index (κ1) is 26.8. The summed E-state index contributed by atoms with van der Waals surface area (Å²) in [6.45, 7) is 6.58. The molecule has 0 fully saturated rings. The molecule has 0 saturated carbocycles. The van der Waals surface area contributed by atoms with Crippen molar-refractivity contribution in [2.24, 2.45) is 0 Å². The highest BCUT2D eigenvalue weighted by Gasteiger charge is 2.26. The lowest BCUT2D eigenvalue weighted by molar-refractivity contribution is -0.114. The Morgan fingerprint density at radius 1 is 0.971 bits per heavy atom. The van der Waals surface area contributed by atoms with Crippen LogP contribution in [0.5, 0.6) is 0 Å². The Morgan fingerprint density at radius 2 is 1.60 bits per heavy atom. The van der Waals surface area contributed by atoms with Gasteiger partial charge in [0.05, 0.1) is 9.77 Å². The second kappa shape index (κ2) is 10.0. The Morgan fingerprint density at radius 3 is 2.17 bits per heavy atom. The molecule has 3 aromatic rings. The molecule has 4 N–H and O–H groups in total. The number of hydrogen-bond acceptors (Lipinski definition) is 7. The molecule has 35 heavy (non-hydrogen) atoms. The standard InChI is InChI=1S/C22H27N5O5S3/c1-14(28)25-17-10-11-18(20(12-17)34(29,30)27-22(2,3)4)19-13-24-21(33-19)15-6-8-16(9-7-15)26-35(31,32)23-5/h6-13,23,26-27H,1-5H3,(H,25,28). The highest BCUT2D eigenvalue weighted by molar-refractivity contribution is 7.90. The predicted molar refractivity (Wildman–Crippen MR) is 139 cm³/mol. The zero-order valence-corrected chi connectivity index (χ0v) is 22.3. The van der Waals surface area contributed by atoms with E-state index in [9.17, 15) is 21.6 Å². The van der Waals surface area contributed by atoms with E-state index in [1.165, 1.54) is 31.4 Å². The van der Waals surface area contributed by atoms with Gasteiger partial charge in [-0.3, -0.25) is 9.52 Å². The number of thiazole rings is 1. The lowest BCUT2D eigenvalue weighted by Crippen LogP contribution is -2.40. The predicted octanol–water partition coefficient (Wildman–Crippen LogP) is 3.39. The number of amides is 1. The third-order valence-electron chi connectivity index (χ3n) is 4.46. The van der Waals surface area contributed by atoms with Gasteiger partial charge in [-0.05, 0) is 57.2 Å². The maximum absolute atomic E-state index is 13.2. The van der Waals surface area contributed by atoms with Gasteiger partial charge in [-0.1, -0.05) is 6.07 Å². The van der Waals surface area contributed by atoms with E-state index < -0.39 is 25.8 Å². The third-order valence-corrected chi connectivity index (χ3v) is 8.38. The normalized spacial score (nSPS) is 12.4. The van der Waals surface area contributed by atoms with Crippen LogP contribution >= 0.6 is 11.3 Å². The van der Waals surface area contributed by atoms with Gasteiger partial charge >= 0.3 is 0 Å². The van der Waals surface area contributed by atoms with Crippen molar-refractivity contribution >= 4 is 48.9 Å². The van der Waals surface area contributed by atoms with Crippen LogP contribution in [0.1, 0.15) is 27.7 Å². The Bertz CT molecular complexity index is 1440. The second-order valence-electron chi connectivity index (χ2n) is 8.66. The molecule has 0 unspecified atom stereocenters. The quantitative estimate of drug-likeness (QED) is 0.346. The minimum atomic E-state index is -3.93. The molecule has 1 amide bonds. The van der Waals surface area contributed by atoms with Crippen molar-refractivity contribution in [3.63, 3.8) is 0 Å². The minimum absolute atomic E-state index is 0.0192. The summed E-state index contributed by atoms with van der Waals surface area (Å²) in [5.74, 6) is -0.314. The van der Waals surface area contributed by atoms with Crippen LogP contribution in [0, 0.1) is 0 Å². The molecular weight excluding hydrogens is 510 g/mol. The average molecular weight is 538 g/mol. The number of rotatable bonds is 8. The summed E-state index contributed by atoms with van der Waals surface area (Å²) in [6, 6.07) is 11.3.